The van der Waals surface area contributed by atoms with Gasteiger partial charge in [-0.1, -0.05) is 12.1 Å². The van der Waals surface area contributed by atoms with E-state index in [0.29, 0.717) is 12.1 Å². The fraction of sp³-hybridized carbons (Fsp3) is 0.316. The van der Waals surface area contributed by atoms with E-state index in [2.05, 4.69) is 5.32 Å². The Hall–Kier alpha value is -2.38. The quantitative estimate of drug-likeness (QED) is 0.806. The highest BCUT2D eigenvalue weighted by Gasteiger charge is 2.23. The molecule has 6 nitrogen and oxygen atoms in total. The number of hydrogen-bond acceptors (Lipinski definition) is 4. The van der Waals surface area contributed by atoms with Crippen LogP contribution in [0.1, 0.15) is 29.8 Å². The molecule has 0 aliphatic carbocycles. The molecule has 7 heteroatoms. The van der Waals surface area contributed by atoms with Crippen molar-refractivity contribution in [2.75, 3.05) is 14.2 Å². The van der Waals surface area contributed by atoms with Crippen LogP contribution in [0.4, 0.5) is 0 Å². The second-order valence-corrected chi connectivity index (χ2v) is 8.17. The van der Waals surface area contributed by atoms with Crippen LogP contribution in [0.15, 0.2) is 53.4 Å². The molecule has 0 spiro atoms. The van der Waals surface area contributed by atoms with E-state index in [-0.39, 0.29) is 16.8 Å². The number of methoxy groups -OCH3 is 1. The summed E-state index contributed by atoms with van der Waals surface area (Å²) in [5, 5.41) is 2.81. The molecule has 2 rings (SSSR count). The summed E-state index contributed by atoms with van der Waals surface area (Å²) in [7, 11) is -0.419. The van der Waals surface area contributed by atoms with E-state index in [9.17, 15) is 13.2 Å². The third-order valence-corrected chi connectivity index (χ3v) is 6.18. The maximum absolute atomic E-state index is 12.4. The number of sulfonamides is 1. The number of ether oxygens (including phenoxy) is 1. The van der Waals surface area contributed by atoms with Gasteiger partial charge in [0.05, 0.1) is 12.0 Å². The highest BCUT2D eigenvalue weighted by atomic mass is 32.2. The lowest BCUT2D eigenvalue weighted by Crippen LogP contribution is -2.33. The first-order valence-electron chi connectivity index (χ1n) is 8.25. The zero-order valence-electron chi connectivity index (χ0n) is 15.4. The number of amides is 1. The minimum absolute atomic E-state index is 0.146. The number of hydrogen-bond donors (Lipinski definition) is 1. The lowest BCUT2D eigenvalue weighted by molar-refractivity contribution is 0.0951. The number of rotatable bonds is 7. The average molecular weight is 376 g/mol. The lowest BCUT2D eigenvalue weighted by Gasteiger charge is -2.21. The third kappa shape index (κ3) is 4.62. The van der Waals surface area contributed by atoms with E-state index >= 15 is 0 Å². The minimum Gasteiger partial charge on any atom is -0.497 e. The highest BCUT2D eigenvalue weighted by molar-refractivity contribution is 7.89. The maximum Gasteiger partial charge on any atom is 0.251 e. The monoisotopic (exact) mass is 376 g/mol. The maximum atomic E-state index is 12.4. The van der Waals surface area contributed by atoms with Crippen LogP contribution in [0.2, 0.25) is 0 Å². The van der Waals surface area contributed by atoms with Crippen molar-refractivity contribution >= 4 is 15.9 Å². The average Bonchev–Trinajstić information content (AvgIpc) is 2.65. The Bertz CT molecular complexity index is 844. The molecule has 0 unspecified atom stereocenters. The van der Waals surface area contributed by atoms with Crippen molar-refractivity contribution in [3.8, 4) is 5.75 Å². The number of carbonyl (C=O) groups excluding carboxylic acids is 1. The molecule has 2 aromatic carbocycles. The Morgan fingerprint density at radius 3 is 2.15 bits per heavy atom. The van der Waals surface area contributed by atoms with Crippen molar-refractivity contribution in [3.05, 3.63) is 59.7 Å². The van der Waals surface area contributed by atoms with Gasteiger partial charge in [0.1, 0.15) is 5.75 Å². The van der Waals surface area contributed by atoms with Crippen LogP contribution < -0.4 is 10.1 Å². The van der Waals surface area contributed by atoms with Crippen molar-refractivity contribution in [2.24, 2.45) is 0 Å². The molecule has 0 bridgehead atoms. The normalized spacial score (nSPS) is 11.6. The summed E-state index contributed by atoms with van der Waals surface area (Å²) < 4.78 is 31.3. The molecule has 1 amide bonds. The summed E-state index contributed by atoms with van der Waals surface area (Å²) in [5.74, 6) is 0.491. The molecule has 0 saturated carbocycles. The number of nitrogens with one attached hydrogen (secondary N) is 1. The summed E-state index contributed by atoms with van der Waals surface area (Å²) in [4.78, 5) is 12.4. The van der Waals surface area contributed by atoms with Crippen LogP contribution >= 0.6 is 0 Å². The first-order valence-corrected chi connectivity index (χ1v) is 9.69. The molecule has 0 radical (unpaired) electrons. The fourth-order valence-corrected chi connectivity index (χ4v) is 3.62. The van der Waals surface area contributed by atoms with E-state index in [0.717, 1.165) is 11.3 Å². The van der Waals surface area contributed by atoms with Crippen molar-refractivity contribution in [2.45, 2.75) is 31.3 Å². The van der Waals surface area contributed by atoms with Gasteiger partial charge in [0, 0.05) is 25.2 Å². The smallest absolute Gasteiger partial charge is 0.251 e. The minimum atomic E-state index is -3.55. The van der Waals surface area contributed by atoms with Gasteiger partial charge in [-0.25, -0.2) is 8.42 Å². The van der Waals surface area contributed by atoms with E-state index < -0.39 is 10.0 Å². The molecule has 0 atom stereocenters. The van der Waals surface area contributed by atoms with Gasteiger partial charge in [-0.05, 0) is 55.8 Å². The molecular weight excluding hydrogens is 352 g/mol. The van der Waals surface area contributed by atoms with E-state index in [1.165, 1.54) is 35.6 Å². The van der Waals surface area contributed by atoms with Gasteiger partial charge >= 0.3 is 0 Å². The summed E-state index contributed by atoms with van der Waals surface area (Å²) in [5.41, 5.74) is 1.35. The zero-order chi connectivity index (χ0) is 19.3. The molecule has 0 aliphatic heterocycles. The van der Waals surface area contributed by atoms with Crippen molar-refractivity contribution in [1.82, 2.24) is 9.62 Å². The molecule has 140 valence electrons. The van der Waals surface area contributed by atoms with Gasteiger partial charge in [0.25, 0.3) is 5.91 Å². The first kappa shape index (κ1) is 19.9. The SMILES string of the molecule is COc1ccc(CNC(=O)c2ccc(S(=O)(=O)N(C)C(C)C)cc2)cc1. The predicted molar refractivity (Wildman–Crippen MR) is 101 cm³/mol. The van der Waals surface area contributed by atoms with Gasteiger partial charge in [-0.2, -0.15) is 4.31 Å². The summed E-state index contributed by atoms with van der Waals surface area (Å²) >= 11 is 0. The van der Waals surface area contributed by atoms with Crippen LogP contribution in [0.3, 0.4) is 0 Å². The van der Waals surface area contributed by atoms with Gasteiger partial charge in [-0.3, -0.25) is 4.79 Å². The Kier molecular flexibility index (Phi) is 6.39. The van der Waals surface area contributed by atoms with E-state index in [4.69, 9.17) is 4.74 Å². The molecule has 26 heavy (non-hydrogen) atoms. The Balaban J connectivity index is 2.04. The van der Waals surface area contributed by atoms with Gasteiger partial charge in [0.2, 0.25) is 10.0 Å². The van der Waals surface area contributed by atoms with Crippen molar-refractivity contribution < 1.29 is 17.9 Å². The molecule has 1 N–H and O–H groups in total. The second-order valence-electron chi connectivity index (χ2n) is 6.17. The topological polar surface area (TPSA) is 75.7 Å². The summed E-state index contributed by atoms with van der Waals surface area (Å²) in [6, 6.07) is 13.2. The van der Waals surface area contributed by atoms with Crippen LogP contribution in [-0.4, -0.2) is 38.8 Å². The predicted octanol–water partition coefficient (Wildman–Crippen LogP) is 2.65. The van der Waals surface area contributed by atoms with Crippen LogP contribution in [0.25, 0.3) is 0 Å². The molecule has 2 aromatic rings. The van der Waals surface area contributed by atoms with Crippen LogP contribution in [-0.2, 0) is 16.6 Å². The molecule has 0 heterocycles. The molecule has 0 aliphatic rings. The second kappa shape index (κ2) is 8.33. The zero-order valence-corrected chi connectivity index (χ0v) is 16.2. The van der Waals surface area contributed by atoms with Crippen LogP contribution in [0, 0.1) is 0 Å². The largest absolute Gasteiger partial charge is 0.497 e. The molecule has 0 saturated heterocycles. The fourth-order valence-electron chi connectivity index (χ4n) is 2.25. The highest BCUT2D eigenvalue weighted by Crippen LogP contribution is 2.17. The molecule has 0 aromatic heterocycles. The summed E-state index contributed by atoms with van der Waals surface area (Å²) in [6.07, 6.45) is 0. The first-order chi connectivity index (χ1) is 12.3. The Morgan fingerprint density at radius 2 is 1.65 bits per heavy atom. The third-order valence-electron chi connectivity index (χ3n) is 4.13. The lowest BCUT2D eigenvalue weighted by atomic mass is 10.2. The Morgan fingerprint density at radius 1 is 1.08 bits per heavy atom. The number of carbonyl (C=O) groups is 1. The number of benzene rings is 2. The van der Waals surface area contributed by atoms with Gasteiger partial charge in [0.15, 0.2) is 0 Å². The van der Waals surface area contributed by atoms with Gasteiger partial charge in [-0.15, -0.1) is 0 Å². The Labute approximate surface area is 154 Å². The van der Waals surface area contributed by atoms with Crippen molar-refractivity contribution in [3.63, 3.8) is 0 Å². The summed E-state index contributed by atoms with van der Waals surface area (Å²) in [6.45, 7) is 3.98. The number of nitrogens with zero attached hydrogens (tertiary/aromatic N) is 1. The standard InChI is InChI=1S/C19H24N2O4S/c1-14(2)21(3)26(23,24)18-11-7-16(8-12-18)19(22)20-13-15-5-9-17(25-4)10-6-15/h5-12,14H,13H2,1-4H3,(H,20,22). The van der Waals surface area contributed by atoms with Crippen molar-refractivity contribution in [1.29, 1.82) is 0 Å². The van der Waals surface area contributed by atoms with E-state index in [1.807, 2.05) is 24.3 Å². The van der Waals surface area contributed by atoms with E-state index in [1.54, 1.807) is 21.0 Å². The van der Waals surface area contributed by atoms with Gasteiger partial charge < -0.3 is 10.1 Å². The molecule has 0 fully saturated rings. The van der Waals surface area contributed by atoms with Crippen LogP contribution in [0.5, 0.6) is 5.75 Å². The molecular formula is C19H24N2O4S.